The number of phenolic OH excluding ortho intramolecular Hbond substituents is 1. The molecule has 0 fully saturated rings. The van der Waals surface area contributed by atoms with Gasteiger partial charge in [0.05, 0.1) is 6.61 Å². The first-order valence-corrected chi connectivity index (χ1v) is 10.0. The van der Waals surface area contributed by atoms with Crippen molar-refractivity contribution in [1.29, 1.82) is 0 Å². The van der Waals surface area contributed by atoms with Crippen LogP contribution in [0.3, 0.4) is 0 Å². The number of esters is 1. The molecule has 30 heavy (non-hydrogen) atoms. The minimum absolute atomic E-state index is 0.0445. The van der Waals surface area contributed by atoms with Crippen molar-refractivity contribution in [2.45, 2.75) is 37.6 Å². The number of rotatable bonds is 11. The summed E-state index contributed by atoms with van der Waals surface area (Å²) < 4.78 is 25.2. The molecule has 0 aliphatic carbocycles. The van der Waals surface area contributed by atoms with Crippen LogP contribution in [0.4, 0.5) is 0 Å². The molecule has 0 bridgehead atoms. The first-order valence-electron chi connectivity index (χ1n) is 8.51. The first kappa shape index (κ1) is 25.5. The summed E-state index contributed by atoms with van der Waals surface area (Å²) in [7, 11) is -5.00. The van der Waals surface area contributed by atoms with Crippen molar-refractivity contribution < 1.29 is 47.8 Å². The van der Waals surface area contributed by atoms with E-state index in [2.05, 4.69) is 9.05 Å². The molecule has 1 aromatic carbocycles. The van der Waals surface area contributed by atoms with Crippen LogP contribution in [0.5, 0.6) is 5.75 Å². The fraction of sp³-hybridized carbons (Fsp3) is 0.438. The van der Waals surface area contributed by atoms with Gasteiger partial charge in [-0.05, 0) is 31.0 Å². The van der Waals surface area contributed by atoms with Crippen LogP contribution in [0.1, 0.15) is 12.5 Å². The molecule has 1 unspecified atom stereocenters. The number of carbonyl (C=O) groups is 3. The van der Waals surface area contributed by atoms with Crippen molar-refractivity contribution in [1.82, 2.24) is 0 Å². The quantitative estimate of drug-likeness (QED) is 0.168. The molecule has 0 saturated heterocycles. The fourth-order valence-electron chi connectivity index (χ4n) is 1.95. The van der Waals surface area contributed by atoms with E-state index in [0.717, 1.165) is 0 Å². The van der Waals surface area contributed by atoms with Crippen LogP contribution in [0.25, 0.3) is 0 Å². The maximum atomic E-state index is 12.1. The van der Waals surface area contributed by atoms with Gasteiger partial charge in [0.25, 0.3) is 0 Å². The van der Waals surface area contributed by atoms with Gasteiger partial charge in [0.1, 0.15) is 30.0 Å². The summed E-state index contributed by atoms with van der Waals surface area (Å²) in [5, 5.41) is 17.8. The minimum Gasteiger partial charge on any atom is -0.508 e. The largest absolute Gasteiger partial charge is 0.529 e. The number of phenols is 1. The number of nitrogens with two attached hydrogens (primary N) is 3. The predicted octanol–water partition coefficient (Wildman–Crippen LogP) is -1.41. The van der Waals surface area contributed by atoms with Gasteiger partial charge < -0.3 is 36.7 Å². The molecular weight excluding hydrogens is 425 g/mol. The molecule has 0 heterocycles. The maximum absolute atomic E-state index is 12.1. The van der Waals surface area contributed by atoms with Gasteiger partial charge in [-0.1, -0.05) is 12.1 Å². The summed E-state index contributed by atoms with van der Waals surface area (Å²) in [6.07, 6.45) is -1.20. The van der Waals surface area contributed by atoms with Gasteiger partial charge in [-0.15, -0.1) is 0 Å². The second-order valence-electron chi connectivity index (χ2n) is 6.26. The molecule has 1 rings (SSSR count). The van der Waals surface area contributed by atoms with Crippen LogP contribution in [0.15, 0.2) is 24.3 Å². The lowest BCUT2D eigenvalue weighted by Crippen LogP contribution is -2.46. The third-order valence-electron chi connectivity index (χ3n) is 3.71. The number of aromatic hydroxyl groups is 1. The van der Waals surface area contributed by atoms with E-state index < -0.39 is 56.6 Å². The summed E-state index contributed by atoms with van der Waals surface area (Å²) in [5.41, 5.74) is 17.1. The molecule has 0 amide bonds. The van der Waals surface area contributed by atoms with Gasteiger partial charge in [0.2, 0.25) is 0 Å². The van der Waals surface area contributed by atoms with Crippen molar-refractivity contribution in [3.63, 3.8) is 0 Å². The lowest BCUT2D eigenvalue weighted by molar-refractivity contribution is -0.154. The average molecular weight is 449 g/mol. The molecule has 1 aromatic rings. The Balaban J connectivity index is 2.56. The molecule has 0 saturated carbocycles. The Bertz CT molecular complexity index is 803. The molecule has 168 valence electrons. The molecule has 14 heteroatoms. The highest BCUT2D eigenvalue weighted by Crippen LogP contribution is 2.43. The first-order chi connectivity index (χ1) is 13.8. The summed E-state index contributed by atoms with van der Waals surface area (Å²) in [6, 6.07) is 1.57. The van der Waals surface area contributed by atoms with Crippen molar-refractivity contribution >= 4 is 25.7 Å². The van der Waals surface area contributed by atoms with Gasteiger partial charge in [0.15, 0.2) is 0 Å². The van der Waals surface area contributed by atoms with Gasteiger partial charge in [0, 0.05) is 0 Å². The van der Waals surface area contributed by atoms with Crippen molar-refractivity contribution in [3.8, 4) is 5.75 Å². The van der Waals surface area contributed by atoms with E-state index in [0.29, 0.717) is 5.56 Å². The topological polar surface area (TPSA) is 235 Å². The highest BCUT2D eigenvalue weighted by Gasteiger charge is 2.34. The van der Waals surface area contributed by atoms with Gasteiger partial charge in [-0.2, -0.15) is 0 Å². The zero-order valence-corrected chi connectivity index (χ0v) is 16.8. The van der Waals surface area contributed by atoms with E-state index >= 15 is 0 Å². The number of hydrogen-bond donors (Lipinski definition) is 6. The van der Waals surface area contributed by atoms with E-state index in [1.165, 1.54) is 19.1 Å². The highest BCUT2D eigenvalue weighted by atomic mass is 31.2. The Kier molecular flexibility index (Phi) is 9.36. The number of phosphoric acid groups is 1. The molecule has 0 aliphatic rings. The van der Waals surface area contributed by atoms with E-state index in [1.807, 2.05) is 0 Å². The van der Waals surface area contributed by atoms with Crippen LogP contribution < -0.4 is 17.2 Å². The lowest BCUT2D eigenvalue weighted by atomic mass is 10.1. The number of aliphatic carboxylic acids is 1. The van der Waals surface area contributed by atoms with E-state index in [9.17, 15) is 28.9 Å². The zero-order valence-electron chi connectivity index (χ0n) is 15.9. The summed E-state index contributed by atoms with van der Waals surface area (Å²) in [5.74, 6) is -3.78. The number of phosphoric ester groups is 1. The smallest absolute Gasteiger partial charge is 0.508 e. The number of ether oxygens (including phenoxy) is 1. The molecule has 13 nitrogen and oxygen atoms in total. The third kappa shape index (κ3) is 8.45. The molecule has 5 atom stereocenters. The summed E-state index contributed by atoms with van der Waals surface area (Å²) >= 11 is 0. The van der Waals surface area contributed by atoms with Gasteiger partial charge in [-0.3, -0.25) is 19.0 Å². The Morgan fingerprint density at radius 1 is 1.07 bits per heavy atom. The molecule has 0 aromatic heterocycles. The van der Waals surface area contributed by atoms with Gasteiger partial charge >= 0.3 is 25.7 Å². The minimum atomic E-state index is -5.00. The SMILES string of the molecule is C[C@@H](OC(=O)[C@@H](N)Cc1ccc(O)cc1)[C@H](N)C(=O)OP(=O)(O)OC[C@H](N)C(=O)O. The fourth-order valence-corrected chi connectivity index (χ4v) is 2.70. The van der Waals surface area contributed by atoms with Crippen molar-refractivity contribution in [2.24, 2.45) is 17.2 Å². The number of carbonyl (C=O) groups excluding carboxylic acids is 2. The standard InChI is InChI=1S/C16H24N3O10P/c1-8(28-15(23)11(17)6-9-2-4-10(20)5-3-9)13(19)16(24)29-30(25,26)27-7-12(18)14(21)22/h2-5,8,11-13,20H,6-7,17-19H2,1H3,(H,21,22)(H,25,26)/t8-,11+,12+,13+/m1/s1. The summed E-state index contributed by atoms with van der Waals surface area (Å²) in [6.45, 7) is 0.336. The van der Waals surface area contributed by atoms with E-state index in [1.54, 1.807) is 12.1 Å². The van der Waals surface area contributed by atoms with Crippen LogP contribution in [0.2, 0.25) is 0 Å². The van der Waals surface area contributed by atoms with Crippen molar-refractivity contribution in [3.05, 3.63) is 29.8 Å². The van der Waals surface area contributed by atoms with Gasteiger partial charge in [-0.25, -0.2) is 9.36 Å². The average Bonchev–Trinajstić information content (AvgIpc) is 2.66. The maximum Gasteiger partial charge on any atom is 0.529 e. The lowest BCUT2D eigenvalue weighted by Gasteiger charge is -2.22. The second-order valence-corrected chi connectivity index (χ2v) is 7.64. The summed E-state index contributed by atoms with van der Waals surface area (Å²) in [4.78, 5) is 44.0. The molecule has 0 spiro atoms. The Morgan fingerprint density at radius 2 is 1.63 bits per heavy atom. The Morgan fingerprint density at radius 3 is 2.17 bits per heavy atom. The number of carboxylic acid groups (broad SMARTS) is 1. The number of carboxylic acids is 1. The molecule has 9 N–H and O–H groups in total. The predicted molar refractivity (Wildman–Crippen MR) is 101 cm³/mol. The molecule has 0 radical (unpaired) electrons. The van der Waals surface area contributed by atoms with Crippen LogP contribution >= 0.6 is 7.82 Å². The van der Waals surface area contributed by atoms with Crippen LogP contribution in [-0.4, -0.2) is 63.9 Å². The monoisotopic (exact) mass is 449 g/mol. The number of hydrogen-bond acceptors (Lipinski definition) is 11. The number of benzene rings is 1. The van der Waals surface area contributed by atoms with E-state index in [4.69, 9.17) is 27.0 Å². The van der Waals surface area contributed by atoms with Crippen LogP contribution in [-0.2, 0) is 39.2 Å². The Labute approximate surface area is 171 Å². The normalized spacial score (nSPS) is 17.1. The van der Waals surface area contributed by atoms with E-state index in [-0.39, 0.29) is 12.2 Å². The molecular formula is C16H24N3O10P. The zero-order chi connectivity index (χ0) is 23.1. The molecule has 0 aliphatic heterocycles. The third-order valence-corrected chi connectivity index (χ3v) is 4.60. The van der Waals surface area contributed by atoms with Crippen LogP contribution in [0, 0.1) is 0 Å². The second kappa shape index (κ2) is 11.0. The Hall–Kier alpha value is -2.54. The highest BCUT2D eigenvalue weighted by molar-refractivity contribution is 7.48. The van der Waals surface area contributed by atoms with Crippen molar-refractivity contribution in [2.75, 3.05) is 6.61 Å².